The molecular formula is C15H30N2O2. The second-order valence-electron chi connectivity index (χ2n) is 6.84. The van der Waals surface area contributed by atoms with E-state index in [1.807, 2.05) is 0 Å². The summed E-state index contributed by atoms with van der Waals surface area (Å²) in [5.74, 6) is 0. The maximum atomic E-state index is 9.38. The SMILES string of the molecule is CC(CC1CCCCN1)N1CC(CO)OC(C)(C)C1. The molecule has 2 saturated heterocycles. The molecule has 0 aliphatic carbocycles. The largest absolute Gasteiger partial charge is 0.394 e. The maximum absolute atomic E-state index is 9.38. The minimum absolute atomic E-state index is 0.0366. The number of rotatable bonds is 4. The van der Waals surface area contributed by atoms with Gasteiger partial charge in [-0.2, -0.15) is 0 Å². The van der Waals surface area contributed by atoms with Gasteiger partial charge < -0.3 is 15.2 Å². The third kappa shape index (κ3) is 4.42. The molecule has 0 aromatic heterocycles. The Kier molecular flexibility index (Phi) is 5.23. The fourth-order valence-electron chi connectivity index (χ4n) is 3.46. The van der Waals surface area contributed by atoms with E-state index >= 15 is 0 Å². The highest BCUT2D eigenvalue weighted by atomic mass is 16.5. The highest BCUT2D eigenvalue weighted by Gasteiger charge is 2.35. The van der Waals surface area contributed by atoms with Crippen LogP contribution < -0.4 is 5.32 Å². The summed E-state index contributed by atoms with van der Waals surface area (Å²) in [5.41, 5.74) is -0.153. The minimum atomic E-state index is -0.153. The summed E-state index contributed by atoms with van der Waals surface area (Å²) in [6.07, 6.45) is 5.15. The van der Waals surface area contributed by atoms with Crippen molar-refractivity contribution in [2.45, 2.75) is 70.2 Å². The Labute approximate surface area is 117 Å². The molecule has 2 fully saturated rings. The van der Waals surface area contributed by atoms with E-state index in [2.05, 4.69) is 31.0 Å². The molecule has 2 aliphatic heterocycles. The van der Waals surface area contributed by atoms with Crippen LogP contribution in [0.5, 0.6) is 0 Å². The van der Waals surface area contributed by atoms with Crippen LogP contribution in [0, 0.1) is 0 Å². The number of hydrogen-bond acceptors (Lipinski definition) is 4. The average Bonchev–Trinajstić information content (AvgIpc) is 2.38. The van der Waals surface area contributed by atoms with Gasteiger partial charge in [-0.25, -0.2) is 0 Å². The van der Waals surface area contributed by atoms with Crippen molar-refractivity contribution < 1.29 is 9.84 Å². The first-order valence-corrected chi connectivity index (χ1v) is 7.76. The summed E-state index contributed by atoms with van der Waals surface area (Å²) >= 11 is 0. The first-order chi connectivity index (χ1) is 9.00. The molecule has 0 radical (unpaired) electrons. The van der Waals surface area contributed by atoms with E-state index in [0.29, 0.717) is 12.1 Å². The summed E-state index contributed by atoms with van der Waals surface area (Å²) < 4.78 is 5.89. The zero-order valence-corrected chi connectivity index (χ0v) is 12.7. The molecule has 0 saturated carbocycles. The third-order valence-corrected chi connectivity index (χ3v) is 4.37. The zero-order chi connectivity index (χ0) is 13.9. The Morgan fingerprint density at radius 3 is 2.84 bits per heavy atom. The Morgan fingerprint density at radius 1 is 1.42 bits per heavy atom. The van der Waals surface area contributed by atoms with Crippen LogP contribution in [-0.2, 0) is 4.74 Å². The van der Waals surface area contributed by atoms with E-state index in [4.69, 9.17) is 4.74 Å². The lowest BCUT2D eigenvalue weighted by Gasteiger charge is -2.45. The third-order valence-electron chi connectivity index (χ3n) is 4.37. The first kappa shape index (κ1) is 15.2. The number of aliphatic hydroxyl groups is 1. The summed E-state index contributed by atoms with van der Waals surface area (Å²) in [6, 6.07) is 1.22. The number of piperidine rings is 1. The van der Waals surface area contributed by atoms with E-state index < -0.39 is 0 Å². The molecule has 2 aliphatic rings. The van der Waals surface area contributed by atoms with Gasteiger partial charge in [-0.05, 0) is 46.6 Å². The topological polar surface area (TPSA) is 44.7 Å². The predicted molar refractivity (Wildman–Crippen MR) is 77.3 cm³/mol. The molecule has 0 spiro atoms. The standard InChI is InChI=1S/C15H30N2O2/c1-12(8-13-6-4-5-7-16-13)17-9-14(10-18)19-15(2,3)11-17/h12-14,16,18H,4-11H2,1-3H3. The van der Waals surface area contributed by atoms with E-state index in [9.17, 15) is 5.11 Å². The number of nitrogens with zero attached hydrogens (tertiary/aromatic N) is 1. The van der Waals surface area contributed by atoms with Crippen LogP contribution in [0.15, 0.2) is 0 Å². The lowest BCUT2D eigenvalue weighted by molar-refractivity contribution is -0.156. The molecule has 19 heavy (non-hydrogen) atoms. The van der Waals surface area contributed by atoms with Gasteiger partial charge in [0.15, 0.2) is 0 Å². The number of hydrogen-bond donors (Lipinski definition) is 2. The van der Waals surface area contributed by atoms with Crippen molar-refractivity contribution in [2.75, 3.05) is 26.2 Å². The van der Waals surface area contributed by atoms with Gasteiger partial charge in [0.05, 0.1) is 18.3 Å². The summed E-state index contributed by atoms with van der Waals surface area (Å²) in [4.78, 5) is 2.49. The van der Waals surface area contributed by atoms with E-state index in [1.54, 1.807) is 0 Å². The van der Waals surface area contributed by atoms with Crippen molar-refractivity contribution in [3.8, 4) is 0 Å². The zero-order valence-electron chi connectivity index (χ0n) is 12.7. The summed E-state index contributed by atoms with van der Waals surface area (Å²) in [6.45, 7) is 9.65. The Bertz CT molecular complexity index is 277. The van der Waals surface area contributed by atoms with Gasteiger partial charge in [0.1, 0.15) is 0 Å². The van der Waals surface area contributed by atoms with Crippen molar-refractivity contribution in [1.82, 2.24) is 10.2 Å². The molecular weight excluding hydrogens is 240 g/mol. The molecule has 0 aromatic carbocycles. The lowest BCUT2D eigenvalue weighted by atomic mass is 9.96. The molecule has 4 heteroatoms. The number of morpholine rings is 1. The van der Waals surface area contributed by atoms with Gasteiger partial charge in [0.25, 0.3) is 0 Å². The smallest absolute Gasteiger partial charge is 0.0940 e. The molecule has 0 aromatic rings. The second-order valence-corrected chi connectivity index (χ2v) is 6.84. The van der Waals surface area contributed by atoms with Crippen molar-refractivity contribution >= 4 is 0 Å². The first-order valence-electron chi connectivity index (χ1n) is 7.76. The average molecular weight is 270 g/mol. The number of nitrogens with one attached hydrogen (secondary N) is 1. The summed E-state index contributed by atoms with van der Waals surface area (Å²) in [7, 11) is 0. The molecule has 3 atom stereocenters. The molecule has 4 nitrogen and oxygen atoms in total. The fraction of sp³-hybridized carbons (Fsp3) is 1.00. The van der Waals surface area contributed by atoms with Crippen LogP contribution in [0.3, 0.4) is 0 Å². The van der Waals surface area contributed by atoms with Crippen LogP contribution in [0.2, 0.25) is 0 Å². The van der Waals surface area contributed by atoms with Crippen LogP contribution in [-0.4, -0.2) is 60.0 Å². The molecule has 2 N–H and O–H groups in total. The fourth-order valence-corrected chi connectivity index (χ4v) is 3.46. The monoisotopic (exact) mass is 270 g/mol. The van der Waals surface area contributed by atoms with E-state index in [1.165, 1.54) is 32.2 Å². The Morgan fingerprint density at radius 2 is 2.21 bits per heavy atom. The van der Waals surface area contributed by atoms with Crippen molar-refractivity contribution in [1.29, 1.82) is 0 Å². The van der Waals surface area contributed by atoms with Crippen LogP contribution >= 0.6 is 0 Å². The maximum Gasteiger partial charge on any atom is 0.0940 e. The van der Waals surface area contributed by atoms with Gasteiger partial charge >= 0.3 is 0 Å². The predicted octanol–water partition coefficient (Wildman–Crippen LogP) is 1.38. The van der Waals surface area contributed by atoms with Crippen LogP contribution in [0.4, 0.5) is 0 Å². The van der Waals surface area contributed by atoms with Gasteiger partial charge in [-0.15, -0.1) is 0 Å². The van der Waals surface area contributed by atoms with Gasteiger partial charge in [0, 0.05) is 25.2 Å². The lowest BCUT2D eigenvalue weighted by Crippen LogP contribution is -2.57. The quantitative estimate of drug-likeness (QED) is 0.810. The summed E-state index contributed by atoms with van der Waals surface area (Å²) in [5, 5.41) is 13.0. The molecule has 0 bridgehead atoms. The Hall–Kier alpha value is -0.160. The molecule has 3 unspecified atom stereocenters. The van der Waals surface area contributed by atoms with Gasteiger partial charge in [-0.3, -0.25) is 4.90 Å². The Balaban J connectivity index is 1.87. The highest BCUT2D eigenvalue weighted by Crippen LogP contribution is 2.24. The number of aliphatic hydroxyl groups excluding tert-OH is 1. The molecule has 2 heterocycles. The van der Waals surface area contributed by atoms with Gasteiger partial charge in [0.2, 0.25) is 0 Å². The molecule has 112 valence electrons. The van der Waals surface area contributed by atoms with E-state index in [0.717, 1.165) is 13.1 Å². The van der Waals surface area contributed by atoms with Crippen molar-refractivity contribution in [3.63, 3.8) is 0 Å². The van der Waals surface area contributed by atoms with Gasteiger partial charge in [-0.1, -0.05) is 6.42 Å². The minimum Gasteiger partial charge on any atom is -0.394 e. The molecule has 2 rings (SSSR count). The van der Waals surface area contributed by atoms with Crippen molar-refractivity contribution in [2.24, 2.45) is 0 Å². The second kappa shape index (κ2) is 6.53. The van der Waals surface area contributed by atoms with Crippen LogP contribution in [0.25, 0.3) is 0 Å². The van der Waals surface area contributed by atoms with Crippen molar-refractivity contribution in [3.05, 3.63) is 0 Å². The van der Waals surface area contributed by atoms with Crippen LogP contribution in [0.1, 0.15) is 46.5 Å². The highest BCUT2D eigenvalue weighted by molar-refractivity contribution is 4.88. The van der Waals surface area contributed by atoms with E-state index in [-0.39, 0.29) is 18.3 Å². The number of ether oxygens (including phenoxy) is 1. The normalized spacial score (nSPS) is 34.1. The molecule has 0 amide bonds.